The minimum absolute atomic E-state index is 0.0521. The number of alkyl halides is 7. The molecule has 0 aromatic heterocycles. The number of carbonyl (C=O) groups excluding carboxylic acids is 1. The Morgan fingerprint density at radius 1 is 0.889 bits per heavy atom. The summed E-state index contributed by atoms with van der Waals surface area (Å²) in [6, 6.07) is 3.45. The molecule has 0 aliphatic rings. The van der Waals surface area contributed by atoms with Crippen LogP contribution in [0.1, 0.15) is 51.5 Å². The van der Waals surface area contributed by atoms with Gasteiger partial charge in [-0.25, -0.2) is 0 Å². The van der Waals surface area contributed by atoms with Gasteiger partial charge in [-0.15, -0.1) is 0 Å². The molecular weight excluding hydrogens is 381 g/mol. The average molecular weight is 402 g/mol. The summed E-state index contributed by atoms with van der Waals surface area (Å²) in [6.45, 7) is 3.14. The molecule has 154 valence electrons. The quantitative estimate of drug-likeness (QED) is 0.204. The van der Waals surface area contributed by atoms with Gasteiger partial charge in [0.2, 0.25) is 0 Å². The lowest BCUT2D eigenvalue weighted by molar-refractivity contribution is -0.220. The van der Waals surface area contributed by atoms with Crippen molar-refractivity contribution in [2.45, 2.75) is 64.0 Å². The van der Waals surface area contributed by atoms with Crippen LogP contribution in [0.5, 0.6) is 5.75 Å². The van der Waals surface area contributed by atoms with Crippen LogP contribution in [0.3, 0.4) is 0 Å². The third-order valence-corrected chi connectivity index (χ3v) is 3.82. The minimum Gasteiger partial charge on any atom is -0.426 e. The van der Waals surface area contributed by atoms with E-state index in [1.807, 2.05) is 0 Å². The molecule has 1 aromatic rings. The molecule has 0 spiro atoms. The zero-order chi connectivity index (χ0) is 20.9. The molecule has 2 nitrogen and oxygen atoms in total. The molecule has 0 fully saturated rings. The van der Waals surface area contributed by atoms with E-state index in [2.05, 4.69) is 0 Å². The van der Waals surface area contributed by atoms with Crippen molar-refractivity contribution in [3.63, 3.8) is 0 Å². The van der Waals surface area contributed by atoms with Crippen LogP contribution in [0.4, 0.5) is 30.7 Å². The first-order valence-corrected chi connectivity index (χ1v) is 8.41. The molecule has 0 heterocycles. The van der Waals surface area contributed by atoms with E-state index in [1.54, 1.807) is 13.8 Å². The molecule has 0 aliphatic heterocycles. The van der Waals surface area contributed by atoms with Gasteiger partial charge >= 0.3 is 24.0 Å². The lowest BCUT2D eigenvalue weighted by Crippen LogP contribution is -2.38. The van der Waals surface area contributed by atoms with Crippen LogP contribution in [0.15, 0.2) is 24.3 Å². The van der Waals surface area contributed by atoms with E-state index >= 15 is 0 Å². The number of hydrogen-bond acceptors (Lipinski definition) is 2. The SMILES string of the molecule is CC(C)C(=O)Oc1ccc(C(F)(F)C(F)(F)CCCCCC(F)(F)F)cc1. The molecule has 0 amide bonds. The molecule has 9 heteroatoms. The molecular formula is C18H21F7O2. The molecule has 1 aromatic carbocycles. The Balaban J connectivity index is 2.69. The first-order valence-electron chi connectivity index (χ1n) is 8.41. The van der Waals surface area contributed by atoms with Gasteiger partial charge in [0.25, 0.3) is 0 Å². The highest BCUT2D eigenvalue weighted by atomic mass is 19.4. The number of rotatable bonds is 9. The zero-order valence-corrected chi connectivity index (χ0v) is 14.9. The Labute approximate surface area is 152 Å². The molecule has 0 bridgehead atoms. The molecule has 0 saturated heterocycles. The van der Waals surface area contributed by atoms with Crippen LogP contribution in [0.25, 0.3) is 0 Å². The number of unbranched alkanes of at least 4 members (excludes halogenated alkanes) is 2. The zero-order valence-electron chi connectivity index (χ0n) is 14.9. The number of esters is 1. The van der Waals surface area contributed by atoms with E-state index in [9.17, 15) is 35.5 Å². The standard InChI is InChI=1S/C18H21F7O2/c1-12(2)15(26)27-14-8-6-13(7-9-14)18(24,25)16(19,20)10-4-3-5-11-17(21,22)23/h6-9,12H,3-5,10-11H2,1-2H3. The Morgan fingerprint density at radius 3 is 1.89 bits per heavy atom. The second-order valence-corrected chi connectivity index (χ2v) is 6.55. The number of halogens is 7. The monoisotopic (exact) mass is 402 g/mol. The van der Waals surface area contributed by atoms with E-state index in [4.69, 9.17) is 4.74 Å². The first kappa shape index (κ1) is 23.2. The third-order valence-electron chi connectivity index (χ3n) is 3.82. The highest BCUT2D eigenvalue weighted by Crippen LogP contribution is 2.46. The Bertz CT molecular complexity index is 607. The van der Waals surface area contributed by atoms with Crippen molar-refractivity contribution in [2.75, 3.05) is 0 Å². The molecule has 27 heavy (non-hydrogen) atoms. The second kappa shape index (κ2) is 8.93. The fraction of sp³-hybridized carbons (Fsp3) is 0.611. The van der Waals surface area contributed by atoms with Gasteiger partial charge in [-0.3, -0.25) is 4.79 Å². The molecule has 0 N–H and O–H groups in total. The van der Waals surface area contributed by atoms with Gasteiger partial charge in [0.1, 0.15) is 5.75 Å². The van der Waals surface area contributed by atoms with Gasteiger partial charge in [-0.2, -0.15) is 30.7 Å². The smallest absolute Gasteiger partial charge is 0.389 e. The fourth-order valence-corrected chi connectivity index (χ4v) is 2.18. The molecule has 0 radical (unpaired) electrons. The van der Waals surface area contributed by atoms with E-state index in [0.29, 0.717) is 0 Å². The summed E-state index contributed by atoms with van der Waals surface area (Å²) >= 11 is 0. The first-order chi connectivity index (χ1) is 12.3. The van der Waals surface area contributed by atoms with Crippen molar-refractivity contribution in [3.05, 3.63) is 29.8 Å². The summed E-state index contributed by atoms with van der Waals surface area (Å²) in [7, 11) is 0. The van der Waals surface area contributed by atoms with Crippen molar-refractivity contribution in [1.82, 2.24) is 0 Å². The fourth-order valence-electron chi connectivity index (χ4n) is 2.18. The van der Waals surface area contributed by atoms with E-state index < -0.39 is 54.7 Å². The van der Waals surface area contributed by atoms with Crippen LogP contribution < -0.4 is 4.74 Å². The molecule has 0 atom stereocenters. The van der Waals surface area contributed by atoms with Crippen LogP contribution in [0.2, 0.25) is 0 Å². The third kappa shape index (κ3) is 7.03. The van der Waals surface area contributed by atoms with Crippen molar-refractivity contribution >= 4 is 5.97 Å². The molecule has 0 unspecified atom stereocenters. The normalized spacial score (nSPS) is 13.1. The van der Waals surface area contributed by atoms with Gasteiger partial charge in [0.05, 0.1) is 5.92 Å². The van der Waals surface area contributed by atoms with Crippen LogP contribution in [0, 0.1) is 5.92 Å². The van der Waals surface area contributed by atoms with Crippen LogP contribution in [-0.2, 0) is 10.7 Å². The van der Waals surface area contributed by atoms with Crippen molar-refractivity contribution < 1.29 is 40.3 Å². The average Bonchev–Trinajstić information content (AvgIpc) is 2.53. The van der Waals surface area contributed by atoms with Gasteiger partial charge < -0.3 is 4.74 Å². The van der Waals surface area contributed by atoms with Crippen LogP contribution in [-0.4, -0.2) is 18.1 Å². The van der Waals surface area contributed by atoms with Gasteiger partial charge in [0.15, 0.2) is 0 Å². The maximum absolute atomic E-state index is 14.1. The summed E-state index contributed by atoms with van der Waals surface area (Å²) in [6.07, 6.45) is -7.83. The predicted octanol–water partition coefficient (Wildman–Crippen LogP) is 6.49. The van der Waals surface area contributed by atoms with Gasteiger partial charge in [-0.1, -0.05) is 20.3 Å². The molecule has 1 rings (SSSR count). The summed E-state index contributed by atoms with van der Waals surface area (Å²) in [4.78, 5) is 11.4. The highest BCUT2D eigenvalue weighted by molar-refractivity contribution is 5.74. The summed E-state index contributed by atoms with van der Waals surface area (Å²) in [5.74, 6) is -10.0. The van der Waals surface area contributed by atoms with E-state index in [-0.39, 0.29) is 18.6 Å². The van der Waals surface area contributed by atoms with Crippen molar-refractivity contribution in [2.24, 2.45) is 5.92 Å². The topological polar surface area (TPSA) is 26.3 Å². The maximum atomic E-state index is 14.1. The Morgan fingerprint density at radius 2 is 1.41 bits per heavy atom. The van der Waals surface area contributed by atoms with E-state index in [0.717, 1.165) is 24.3 Å². The number of benzene rings is 1. The van der Waals surface area contributed by atoms with Gasteiger partial charge in [0, 0.05) is 18.4 Å². The summed E-state index contributed by atoms with van der Waals surface area (Å²) < 4.78 is 96.9. The lowest BCUT2D eigenvalue weighted by Gasteiger charge is -2.27. The maximum Gasteiger partial charge on any atom is 0.389 e. The molecule has 0 aliphatic carbocycles. The molecule has 0 saturated carbocycles. The Hall–Kier alpha value is -1.80. The lowest BCUT2D eigenvalue weighted by atomic mass is 9.97. The highest BCUT2D eigenvalue weighted by Gasteiger charge is 2.56. The summed E-state index contributed by atoms with van der Waals surface area (Å²) in [5, 5.41) is 0. The van der Waals surface area contributed by atoms with Crippen molar-refractivity contribution in [3.8, 4) is 5.75 Å². The van der Waals surface area contributed by atoms with Crippen molar-refractivity contribution in [1.29, 1.82) is 0 Å². The second-order valence-electron chi connectivity index (χ2n) is 6.55. The minimum atomic E-state index is -4.50. The number of ether oxygens (including phenoxy) is 1. The van der Waals surface area contributed by atoms with Gasteiger partial charge in [-0.05, 0) is 37.1 Å². The summed E-state index contributed by atoms with van der Waals surface area (Å²) in [5.41, 5.74) is -0.966. The van der Waals surface area contributed by atoms with Crippen LogP contribution >= 0.6 is 0 Å². The predicted molar refractivity (Wildman–Crippen MR) is 84.9 cm³/mol. The largest absolute Gasteiger partial charge is 0.426 e. The number of carbonyl (C=O) groups is 1. The van der Waals surface area contributed by atoms with E-state index in [1.165, 1.54) is 0 Å². The Kier molecular flexibility index (Phi) is 7.68. The number of hydrogen-bond donors (Lipinski definition) is 0.